The summed E-state index contributed by atoms with van der Waals surface area (Å²) in [6.45, 7) is 1.60. The highest BCUT2D eigenvalue weighted by atomic mass is 16.5. The minimum Gasteiger partial charge on any atom is -0.497 e. The van der Waals surface area contributed by atoms with Gasteiger partial charge in [0.15, 0.2) is 0 Å². The van der Waals surface area contributed by atoms with Gasteiger partial charge in [0.2, 0.25) is 0 Å². The predicted molar refractivity (Wildman–Crippen MR) is 111 cm³/mol. The van der Waals surface area contributed by atoms with Gasteiger partial charge in [-0.25, -0.2) is 4.99 Å². The summed E-state index contributed by atoms with van der Waals surface area (Å²) < 4.78 is 16.5. The number of ether oxygens (including phenoxy) is 3. The van der Waals surface area contributed by atoms with Crippen molar-refractivity contribution in [2.75, 3.05) is 20.3 Å². The van der Waals surface area contributed by atoms with Crippen molar-refractivity contribution in [2.45, 2.75) is 6.61 Å². The van der Waals surface area contributed by atoms with E-state index in [2.05, 4.69) is 4.99 Å². The first-order chi connectivity index (χ1) is 13.7. The van der Waals surface area contributed by atoms with E-state index in [1.165, 1.54) is 0 Å². The molecule has 0 aliphatic carbocycles. The highest BCUT2D eigenvalue weighted by Gasteiger charge is 2.01. The summed E-state index contributed by atoms with van der Waals surface area (Å²) in [6, 6.07) is 25.0. The van der Waals surface area contributed by atoms with Crippen molar-refractivity contribution in [1.82, 2.24) is 0 Å². The molecule has 3 aromatic rings. The number of nitrogens with two attached hydrogens (primary N) is 1. The van der Waals surface area contributed by atoms with E-state index in [1.807, 2.05) is 78.9 Å². The van der Waals surface area contributed by atoms with Gasteiger partial charge in [-0.2, -0.15) is 0 Å². The number of benzene rings is 3. The SMILES string of the molecule is COc1ccc(C(N)=Nc2ccc(OCCOCc3ccccc3)cc2)cc1. The normalized spacial score (nSPS) is 11.2. The molecule has 0 saturated heterocycles. The van der Waals surface area contributed by atoms with Gasteiger partial charge in [-0.15, -0.1) is 0 Å². The van der Waals surface area contributed by atoms with Crippen molar-refractivity contribution >= 4 is 11.5 Å². The lowest BCUT2D eigenvalue weighted by molar-refractivity contribution is 0.0889. The van der Waals surface area contributed by atoms with Gasteiger partial charge in [-0.3, -0.25) is 0 Å². The summed E-state index contributed by atoms with van der Waals surface area (Å²) in [5, 5.41) is 0. The molecule has 0 atom stereocenters. The Morgan fingerprint density at radius 2 is 1.50 bits per heavy atom. The summed E-state index contributed by atoms with van der Waals surface area (Å²) in [5.74, 6) is 2.00. The number of hydrogen-bond donors (Lipinski definition) is 1. The predicted octanol–water partition coefficient (Wildman–Crippen LogP) is 4.33. The highest BCUT2D eigenvalue weighted by molar-refractivity contribution is 5.99. The van der Waals surface area contributed by atoms with Crippen LogP contribution in [0, 0.1) is 0 Å². The quantitative estimate of drug-likeness (QED) is 0.343. The average molecular weight is 376 g/mol. The van der Waals surface area contributed by atoms with Crippen LogP contribution in [-0.2, 0) is 11.3 Å². The zero-order chi connectivity index (χ0) is 19.6. The second kappa shape index (κ2) is 10.1. The third-order valence-electron chi connectivity index (χ3n) is 4.08. The topological polar surface area (TPSA) is 66.1 Å². The van der Waals surface area contributed by atoms with Gasteiger partial charge in [0, 0.05) is 5.56 Å². The number of methoxy groups -OCH3 is 1. The van der Waals surface area contributed by atoms with Crippen molar-refractivity contribution in [3.05, 3.63) is 90.0 Å². The number of amidine groups is 1. The smallest absolute Gasteiger partial charge is 0.131 e. The number of hydrogen-bond acceptors (Lipinski definition) is 4. The third-order valence-corrected chi connectivity index (χ3v) is 4.08. The Balaban J connectivity index is 1.46. The molecule has 0 spiro atoms. The first kappa shape index (κ1) is 19.5. The van der Waals surface area contributed by atoms with Gasteiger partial charge >= 0.3 is 0 Å². The number of nitrogens with zero attached hydrogens (tertiary/aromatic N) is 1. The summed E-state index contributed by atoms with van der Waals surface area (Å²) in [7, 11) is 1.63. The van der Waals surface area contributed by atoms with Gasteiger partial charge in [0.05, 0.1) is 26.0 Å². The lowest BCUT2D eigenvalue weighted by Gasteiger charge is -2.08. The molecule has 3 rings (SSSR count). The third kappa shape index (κ3) is 5.86. The second-order valence-corrected chi connectivity index (χ2v) is 6.11. The fourth-order valence-corrected chi connectivity index (χ4v) is 2.57. The van der Waals surface area contributed by atoms with E-state index >= 15 is 0 Å². The summed E-state index contributed by atoms with van der Waals surface area (Å²) >= 11 is 0. The van der Waals surface area contributed by atoms with Crippen LogP contribution in [0.2, 0.25) is 0 Å². The molecule has 0 unspecified atom stereocenters. The monoisotopic (exact) mass is 376 g/mol. The van der Waals surface area contributed by atoms with E-state index in [1.54, 1.807) is 7.11 Å². The molecular weight excluding hydrogens is 352 g/mol. The van der Waals surface area contributed by atoms with Crippen molar-refractivity contribution in [3.8, 4) is 11.5 Å². The Bertz CT molecular complexity index is 876. The fraction of sp³-hybridized carbons (Fsp3) is 0.174. The maximum atomic E-state index is 6.08. The molecule has 144 valence electrons. The molecule has 0 amide bonds. The maximum absolute atomic E-state index is 6.08. The lowest BCUT2D eigenvalue weighted by atomic mass is 10.2. The molecule has 0 radical (unpaired) electrons. The molecule has 0 bridgehead atoms. The molecule has 0 heterocycles. The molecule has 5 nitrogen and oxygen atoms in total. The number of aliphatic imine (C=N–C) groups is 1. The molecule has 0 saturated carbocycles. The Kier molecular flexibility index (Phi) is 7.04. The van der Waals surface area contributed by atoms with Crippen LogP contribution in [0.4, 0.5) is 5.69 Å². The van der Waals surface area contributed by atoms with Crippen molar-refractivity contribution < 1.29 is 14.2 Å². The zero-order valence-corrected chi connectivity index (χ0v) is 15.9. The Morgan fingerprint density at radius 3 is 2.18 bits per heavy atom. The van der Waals surface area contributed by atoms with E-state index in [-0.39, 0.29) is 0 Å². The molecule has 5 heteroatoms. The molecule has 0 aromatic heterocycles. The zero-order valence-electron chi connectivity index (χ0n) is 15.9. The number of rotatable bonds is 9. The summed E-state index contributed by atoms with van der Waals surface area (Å²) in [5.41, 5.74) is 8.84. The van der Waals surface area contributed by atoms with Gasteiger partial charge in [-0.05, 0) is 54.1 Å². The van der Waals surface area contributed by atoms with Gasteiger partial charge in [0.25, 0.3) is 0 Å². The van der Waals surface area contributed by atoms with E-state index in [4.69, 9.17) is 19.9 Å². The van der Waals surface area contributed by atoms with E-state index in [9.17, 15) is 0 Å². The molecule has 2 N–H and O–H groups in total. The van der Waals surface area contributed by atoms with Crippen molar-refractivity contribution in [1.29, 1.82) is 0 Å². The fourth-order valence-electron chi connectivity index (χ4n) is 2.57. The van der Waals surface area contributed by atoms with Gasteiger partial charge in [-0.1, -0.05) is 30.3 Å². The van der Waals surface area contributed by atoms with Crippen LogP contribution in [0.3, 0.4) is 0 Å². The highest BCUT2D eigenvalue weighted by Crippen LogP contribution is 2.19. The minimum atomic E-state index is 0.450. The van der Waals surface area contributed by atoms with E-state index in [0.29, 0.717) is 25.7 Å². The molecule has 0 aliphatic rings. The molecule has 0 aliphatic heterocycles. The van der Waals surface area contributed by atoms with Gasteiger partial charge in [0.1, 0.15) is 23.9 Å². The van der Waals surface area contributed by atoms with Crippen molar-refractivity contribution in [2.24, 2.45) is 10.7 Å². The molecule has 28 heavy (non-hydrogen) atoms. The Hall–Kier alpha value is -3.31. The van der Waals surface area contributed by atoms with Crippen LogP contribution in [-0.4, -0.2) is 26.2 Å². The van der Waals surface area contributed by atoms with Crippen LogP contribution < -0.4 is 15.2 Å². The summed E-state index contributed by atoms with van der Waals surface area (Å²) in [6.07, 6.45) is 0. The van der Waals surface area contributed by atoms with Crippen LogP contribution >= 0.6 is 0 Å². The van der Waals surface area contributed by atoms with Crippen LogP contribution in [0.25, 0.3) is 0 Å². The molecular formula is C23H24N2O3. The second-order valence-electron chi connectivity index (χ2n) is 6.11. The average Bonchev–Trinajstić information content (AvgIpc) is 2.75. The standard InChI is InChI=1S/C23H24N2O3/c1-26-21-11-7-19(8-12-21)23(24)25-20-9-13-22(14-10-20)28-16-15-27-17-18-5-3-2-4-6-18/h2-14H,15-17H2,1H3,(H2,24,25). The minimum absolute atomic E-state index is 0.450. The Labute approximate surface area is 165 Å². The Morgan fingerprint density at radius 1 is 0.821 bits per heavy atom. The largest absolute Gasteiger partial charge is 0.497 e. The molecule has 3 aromatic carbocycles. The van der Waals surface area contributed by atoms with E-state index < -0.39 is 0 Å². The first-order valence-electron chi connectivity index (χ1n) is 9.08. The summed E-state index contributed by atoms with van der Waals surface area (Å²) in [4.78, 5) is 4.44. The van der Waals surface area contributed by atoms with Crippen molar-refractivity contribution in [3.63, 3.8) is 0 Å². The lowest BCUT2D eigenvalue weighted by Crippen LogP contribution is -2.12. The van der Waals surface area contributed by atoms with Crippen LogP contribution in [0.1, 0.15) is 11.1 Å². The molecule has 0 fully saturated rings. The maximum Gasteiger partial charge on any atom is 0.131 e. The first-order valence-corrected chi connectivity index (χ1v) is 9.08. The van der Waals surface area contributed by atoms with E-state index in [0.717, 1.165) is 28.3 Å². The van der Waals surface area contributed by atoms with Gasteiger partial charge < -0.3 is 19.9 Å². The van der Waals surface area contributed by atoms with Crippen LogP contribution in [0.5, 0.6) is 11.5 Å². The van der Waals surface area contributed by atoms with Crippen LogP contribution in [0.15, 0.2) is 83.9 Å².